The first-order chi connectivity index (χ1) is 13.1. The molecule has 2 aromatic carbocycles. The summed E-state index contributed by atoms with van der Waals surface area (Å²) in [5.74, 6) is 0. The van der Waals surface area contributed by atoms with Gasteiger partial charge in [-0.05, 0) is 52.1 Å². The number of hydrogen-bond acceptors (Lipinski definition) is 3. The Balaban J connectivity index is 1.69. The number of thiophene rings is 1. The van der Waals surface area contributed by atoms with E-state index < -0.39 is 0 Å². The van der Waals surface area contributed by atoms with E-state index in [0.29, 0.717) is 0 Å². The maximum absolute atomic E-state index is 4.07. The molecule has 0 bridgehead atoms. The highest BCUT2D eigenvalue weighted by Gasteiger charge is 2.25. The van der Waals surface area contributed by atoms with Crippen LogP contribution in [0.3, 0.4) is 0 Å². The zero-order valence-electron chi connectivity index (χ0n) is 15.7. The van der Waals surface area contributed by atoms with Crippen molar-refractivity contribution in [1.82, 2.24) is 10.2 Å². The van der Waals surface area contributed by atoms with E-state index in [1.165, 1.54) is 32.0 Å². The van der Waals surface area contributed by atoms with Gasteiger partial charge < -0.3 is 0 Å². The van der Waals surface area contributed by atoms with Crippen LogP contribution in [-0.4, -0.2) is 16.5 Å². The molecule has 1 N–H and O–H groups in total. The number of nitrogens with one attached hydrogen (secondary N) is 1. The van der Waals surface area contributed by atoms with Gasteiger partial charge in [-0.2, -0.15) is 5.10 Å². The molecular formula is C23H22N2S2. The van der Waals surface area contributed by atoms with Crippen molar-refractivity contribution in [1.29, 1.82) is 0 Å². The van der Waals surface area contributed by atoms with Gasteiger partial charge in [0.05, 0.1) is 6.20 Å². The summed E-state index contributed by atoms with van der Waals surface area (Å²) in [6, 6.07) is 19.9. The Bertz CT molecular complexity index is 1050. The second-order valence-corrected chi connectivity index (χ2v) is 8.92. The number of hydrogen-bond donors (Lipinski definition) is 1. The lowest BCUT2D eigenvalue weighted by atomic mass is 9.82. The SMILES string of the molecule is CSc1cccc(-c2csc(C(C)(C)c3cccc(-c4cn[nH]c4)c3)c2)c1. The fourth-order valence-corrected chi connectivity index (χ4v) is 4.78. The molecule has 2 nitrogen and oxygen atoms in total. The van der Waals surface area contributed by atoms with Crippen molar-refractivity contribution in [3.8, 4) is 22.3 Å². The number of rotatable bonds is 5. The van der Waals surface area contributed by atoms with Gasteiger partial charge in [0.15, 0.2) is 0 Å². The Morgan fingerprint density at radius 2 is 1.70 bits per heavy atom. The van der Waals surface area contributed by atoms with Crippen LogP contribution >= 0.6 is 23.1 Å². The summed E-state index contributed by atoms with van der Waals surface area (Å²) >= 11 is 3.62. The van der Waals surface area contributed by atoms with E-state index in [1.807, 2.05) is 23.7 Å². The van der Waals surface area contributed by atoms with Crippen LogP contribution in [0.15, 0.2) is 77.3 Å². The molecule has 4 aromatic rings. The third kappa shape index (κ3) is 3.60. The van der Waals surface area contributed by atoms with E-state index in [4.69, 9.17) is 0 Å². The van der Waals surface area contributed by atoms with E-state index in [-0.39, 0.29) is 5.41 Å². The van der Waals surface area contributed by atoms with Gasteiger partial charge in [-0.3, -0.25) is 5.10 Å². The van der Waals surface area contributed by atoms with Crippen LogP contribution in [-0.2, 0) is 5.41 Å². The molecule has 4 rings (SSSR count). The summed E-state index contributed by atoms with van der Waals surface area (Å²) in [6.45, 7) is 4.60. The van der Waals surface area contributed by atoms with Crippen LogP contribution < -0.4 is 0 Å². The van der Waals surface area contributed by atoms with Crippen LogP contribution in [0.5, 0.6) is 0 Å². The lowest BCUT2D eigenvalue weighted by Gasteiger charge is -2.24. The van der Waals surface area contributed by atoms with Crippen LogP contribution in [0.1, 0.15) is 24.3 Å². The lowest BCUT2D eigenvalue weighted by molar-refractivity contribution is 0.656. The number of H-pyrrole nitrogens is 1. The van der Waals surface area contributed by atoms with Crippen molar-refractivity contribution in [2.45, 2.75) is 24.2 Å². The van der Waals surface area contributed by atoms with Crippen LogP contribution in [0.2, 0.25) is 0 Å². The minimum atomic E-state index is -0.0558. The molecule has 4 heteroatoms. The molecular weight excluding hydrogens is 368 g/mol. The smallest absolute Gasteiger partial charge is 0.0565 e. The molecule has 0 unspecified atom stereocenters. The van der Waals surface area contributed by atoms with Crippen LogP contribution in [0.4, 0.5) is 0 Å². The molecule has 2 heterocycles. The molecule has 0 amide bonds. The fourth-order valence-electron chi connectivity index (χ4n) is 3.26. The van der Waals surface area contributed by atoms with Crippen LogP contribution in [0.25, 0.3) is 22.3 Å². The van der Waals surface area contributed by atoms with E-state index >= 15 is 0 Å². The van der Waals surface area contributed by atoms with E-state index in [0.717, 1.165) is 5.56 Å². The minimum absolute atomic E-state index is 0.0558. The average Bonchev–Trinajstić information content (AvgIpc) is 3.40. The highest BCUT2D eigenvalue weighted by Crippen LogP contribution is 2.39. The number of nitrogens with zero attached hydrogens (tertiary/aromatic N) is 1. The fraction of sp³-hybridized carbons (Fsp3) is 0.174. The van der Waals surface area contributed by atoms with Gasteiger partial charge in [0.25, 0.3) is 0 Å². The highest BCUT2D eigenvalue weighted by molar-refractivity contribution is 7.98. The summed E-state index contributed by atoms with van der Waals surface area (Å²) in [5, 5.41) is 9.25. The molecule has 0 radical (unpaired) electrons. The second-order valence-electron chi connectivity index (χ2n) is 7.12. The van der Waals surface area contributed by atoms with Crippen molar-refractivity contribution >= 4 is 23.1 Å². The van der Waals surface area contributed by atoms with Gasteiger partial charge in [0.2, 0.25) is 0 Å². The Kier molecular flexibility index (Phi) is 4.94. The van der Waals surface area contributed by atoms with Gasteiger partial charge in [-0.25, -0.2) is 0 Å². The molecule has 0 aliphatic heterocycles. The third-order valence-electron chi connectivity index (χ3n) is 5.03. The molecule has 0 spiro atoms. The van der Waals surface area contributed by atoms with Gasteiger partial charge >= 0.3 is 0 Å². The van der Waals surface area contributed by atoms with E-state index in [9.17, 15) is 0 Å². The van der Waals surface area contributed by atoms with Crippen molar-refractivity contribution < 1.29 is 0 Å². The summed E-state index contributed by atoms with van der Waals surface area (Å²) in [7, 11) is 0. The van der Waals surface area contributed by atoms with Crippen molar-refractivity contribution in [3.05, 3.63) is 82.8 Å². The maximum Gasteiger partial charge on any atom is 0.0565 e. The van der Waals surface area contributed by atoms with Crippen LogP contribution in [0, 0.1) is 0 Å². The molecule has 0 saturated carbocycles. The Morgan fingerprint density at radius 3 is 2.44 bits per heavy atom. The Hall–Kier alpha value is -2.30. The number of aromatic amines is 1. The molecule has 27 heavy (non-hydrogen) atoms. The first kappa shape index (κ1) is 18.1. The largest absolute Gasteiger partial charge is 0.285 e. The summed E-state index contributed by atoms with van der Waals surface area (Å²) in [5.41, 5.74) is 6.15. The number of aromatic nitrogens is 2. The predicted molar refractivity (Wildman–Crippen MR) is 118 cm³/mol. The number of thioether (sulfide) groups is 1. The highest BCUT2D eigenvalue weighted by atomic mass is 32.2. The minimum Gasteiger partial charge on any atom is -0.285 e. The van der Waals surface area contributed by atoms with Crippen molar-refractivity contribution in [3.63, 3.8) is 0 Å². The first-order valence-electron chi connectivity index (χ1n) is 8.91. The lowest BCUT2D eigenvalue weighted by Crippen LogP contribution is -2.17. The zero-order chi connectivity index (χ0) is 18.9. The molecule has 2 aromatic heterocycles. The molecule has 0 aliphatic rings. The van der Waals surface area contributed by atoms with Gasteiger partial charge in [-0.15, -0.1) is 23.1 Å². The summed E-state index contributed by atoms with van der Waals surface area (Å²) in [6.07, 6.45) is 5.93. The number of benzene rings is 2. The summed E-state index contributed by atoms with van der Waals surface area (Å²) < 4.78 is 0. The normalized spacial score (nSPS) is 11.7. The molecule has 0 saturated heterocycles. The zero-order valence-corrected chi connectivity index (χ0v) is 17.3. The predicted octanol–water partition coefficient (Wildman–Crippen LogP) is 6.85. The van der Waals surface area contributed by atoms with Crippen molar-refractivity contribution in [2.24, 2.45) is 0 Å². The average molecular weight is 391 g/mol. The quantitative estimate of drug-likeness (QED) is 0.377. The van der Waals surface area contributed by atoms with E-state index in [2.05, 4.69) is 90.3 Å². The van der Waals surface area contributed by atoms with Gasteiger partial charge in [0, 0.05) is 26.9 Å². The second kappa shape index (κ2) is 7.37. The third-order valence-corrected chi connectivity index (χ3v) is 7.01. The van der Waals surface area contributed by atoms with E-state index in [1.54, 1.807) is 11.8 Å². The Morgan fingerprint density at radius 1 is 0.926 bits per heavy atom. The monoisotopic (exact) mass is 390 g/mol. The first-order valence-corrected chi connectivity index (χ1v) is 11.0. The molecule has 0 atom stereocenters. The van der Waals surface area contributed by atoms with Gasteiger partial charge in [-0.1, -0.05) is 50.2 Å². The summed E-state index contributed by atoms with van der Waals surface area (Å²) in [4.78, 5) is 2.67. The Labute approximate surface area is 168 Å². The van der Waals surface area contributed by atoms with Crippen molar-refractivity contribution in [2.75, 3.05) is 6.26 Å². The topological polar surface area (TPSA) is 28.7 Å². The van der Waals surface area contributed by atoms with Gasteiger partial charge in [0.1, 0.15) is 0 Å². The molecule has 0 fully saturated rings. The molecule has 136 valence electrons. The maximum atomic E-state index is 4.07. The molecule has 0 aliphatic carbocycles. The standard InChI is InChI=1S/C23H22N2S2/c1-23(2,20-8-4-6-16(10-20)19-13-24-25-14-19)22-12-18(15-27-22)17-7-5-9-21(11-17)26-3/h4-15H,1-3H3,(H,24,25).